The van der Waals surface area contributed by atoms with E-state index < -0.39 is 0 Å². The molecule has 1 nitrogen and oxygen atoms in total. The van der Waals surface area contributed by atoms with Crippen molar-refractivity contribution in [2.24, 2.45) is 5.92 Å². The molecule has 0 aliphatic heterocycles. The van der Waals surface area contributed by atoms with Gasteiger partial charge in [-0.05, 0) is 36.1 Å². The maximum Gasteiger partial charge on any atom is 0.262 e. The summed E-state index contributed by atoms with van der Waals surface area (Å²) in [4.78, 5) is 12.6. The number of rotatable bonds is 3. The Bertz CT molecular complexity index is 278. The predicted molar refractivity (Wildman–Crippen MR) is 53.0 cm³/mol. The zero-order valence-corrected chi connectivity index (χ0v) is 8.71. The number of hydrogen-bond acceptors (Lipinski definition) is 2. The average Bonchev–Trinajstić information content (AvgIpc) is 2.34. The van der Waals surface area contributed by atoms with E-state index >= 15 is 0 Å². The Kier molecular flexibility index (Phi) is 3.29. The van der Waals surface area contributed by atoms with Crippen molar-refractivity contribution < 1.29 is 4.79 Å². The Labute approximate surface area is 81.4 Å². The lowest BCUT2D eigenvalue weighted by Crippen LogP contribution is -1.89. The summed E-state index contributed by atoms with van der Waals surface area (Å²) in [7, 11) is 0. The van der Waals surface area contributed by atoms with Crippen LogP contribution >= 0.6 is 22.9 Å². The van der Waals surface area contributed by atoms with Crippen molar-refractivity contribution in [1.82, 2.24) is 0 Å². The van der Waals surface area contributed by atoms with E-state index in [-0.39, 0.29) is 5.24 Å². The molecule has 0 bridgehead atoms. The second kappa shape index (κ2) is 4.06. The molecular weight excluding hydrogens is 192 g/mol. The van der Waals surface area contributed by atoms with E-state index in [0.717, 1.165) is 6.42 Å². The van der Waals surface area contributed by atoms with Crippen molar-refractivity contribution in [3.63, 3.8) is 0 Å². The highest BCUT2D eigenvalue weighted by Gasteiger charge is 2.06. The standard InChI is InChI=1S/C9H11ClOS/c1-6(2)5-7-3-4-8(12-7)9(10)11/h3-4,6H,5H2,1-2H3. The van der Waals surface area contributed by atoms with Crippen LogP contribution < -0.4 is 0 Å². The molecule has 0 saturated carbocycles. The van der Waals surface area contributed by atoms with Crippen LogP contribution in [0.5, 0.6) is 0 Å². The van der Waals surface area contributed by atoms with E-state index in [0.29, 0.717) is 10.8 Å². The highest BCUT2D eigenvalue weighted by atomic mass is 35.5. The summed E-state index contributed by atoms with van der Waals surface area (Å²) in [5, 5.41) is -0.352. The number of thiophene rings is 1. The van der Waals surface area contributed by atoms with Gasteiger partial charge in [-0.3, -0.25) is 4.79 Å². The number of halogens is 1. The van der Waals surface area contributed by atoms with E-state index in [1.54, 1.807) is 6.07 Å². The van der Waals surface area contributed by atoms with Crippen molar-refractivity contribution in [2.45, 2.75) is 20.3 Å². The molecule has 1 aromatic rings. The normalized spacial score (nSPS) is 10.7. The Morgan fingerprint density at radius 1 is 1.58 bits per heavy atom. The van der Waals surface area contributed by atoms with Gasteiger partial charge in [-0.15, -0.1) is 11.3 Å². The van der Waals surface area contributed by atoms with Gasteiger partial charge in [0, 0.05) is 4.88 Å². The third kappa shape index (κ3) is 2.61. The van der Waals surface area contributed by atoms with Gasteiger partial charge in [-0.1, -0.05) is 13.8 Å². The SMILES string of the molecule is CC(C)Cc1ccc(C(=O)Cl)s1. The summed E-state index contributed by atoms with van der Waals surface area (Å²) in [5.41, 5.74) is 0. The smallest absolute Gasteiger partial charge is 0.262 e. The maximum absolute atomic E-state index is 10.7. The molecule has 3 heteroatoms. The van der Waals surface area contributed by atoms with Crippen molar-refractivity contribution in [3.05, 3.63) is 21.9 Å². The van der Waals surface area contributed by atoms with Crippen LogP contribution in [0.1, 0.15) is 28.4 Å². The third-order valence-electron chi connectivity index (χ3n) is 1.46. The van der Waals surface area contributed by atoms with Crippen LogP contribution in [0.4, 0.5) is 0 Å². The number of hydrogen-bond donors (Lipinski definition) is 0. The van der Waals surface area contributed by atoms with Crippen LogP contribution in [0.25, 0.3) is 0 Å². The molecule has 0 radical (unpaired) electrons. The Hall–Kier alpha value is -0.340. The number of carbonyl (C=O) groups is 1. The Balaban J connectivity index is 2.71. The molecule has 0 spiro atoms. The lowest BCUT2D eigenvalue weighted by molar-refractivity contribution is 0.108. The molecule has 0 aromatic carbocycles. The molecule has 0 aliphatic rings. The minimum atomic E-state index is -0.352. The second-order valence-electron chi connectivity index (χ2n) is 3.14. The van der Waals surface area contributed by atoms with E-state index in [1.807, 2.05) is 6.07 Å². The topological polar surface area (TPSA) is 17.1 Å². The first-order chi connectivity index (χ1) is 5.59. The highest BCUT2D eigenvalue weighted by Crippen LogP contribution is 2.20. The first-order valence-corrected chi connectivity index (χ1v) is 5.07. The van der Waals surface area contributed by atoms with Gasteiger partial charge in [0.1, 0.15) is 0 Å². The van der Waals surface area contributed by atoms with Gasteiger partial charge in [0.2, 0.25) is 0 Å². The predicted octanol–water partition coefficient (Wildman–Crippen LogP) is 3.33. The minimum absolute atomic E-state index is 0.352. The fourth-order valence-corrected chi connectivity index (χ4v) is 2.23. The van der Waals surface area contributed by atoms with Crippen LogP contribution in [0, 0.1) is 5.92 Å². The molecule has 1 heterocycles. The summed E-state index contributed by atoms with van der Waals surface area (Å²) < 4.78 is 0. The van der Waals surface area contributed by atoms with Gasteiger partial charge in [0.15, 0.2) is 0 Å². The van der Waals surface area contributed by atoms with Gasteiger partial charge in [-0.2, -0.15) is 0 Å². The van der Waals surface area contributed by atoms with Gasteiger partial charge in [0.25, 0.3) is 5.24 Å². The van der Waals surface area contributed by atoms with Crippen molar-refractivity contribution in [3.8, 4) is 0 Å². The molecule has 0 saturated heterocycles. The molecule has 0 unspecified atom stereocenters. The van der Waals surface area contributed by atoms with E-state index in [4.69, 9.17) is 11.6 Å². The van der Waals surface area contributed by atoms with Crippen LogP contribution in [-0.4, -0.2) is 5.24 Å². The van der Waals surface area contributed by atoms with Gasteiger partial charge >= 0.3 is 0 Å². The molecule has 0 fully saturated rings. The quantitative estimate of drug-likeness (QED) is 0.688. The fraction of sp³-hybridized carbons (Fsp3) is 0.444. The Morgan fingerprint density at radius 3 is 2.67 bits per heavy atom. The fourth-order valence-electron chi connectivity index (χ4n) is 0.996. The van der Waals surface area contributed by atoms with Gasteiger partial charge in [0.05, 0.1) is 4.88 Å². The van der Waals surface area contributed by atoms with E-state index in [2.05, 4.69) is 13.8 Å². The number of carbonyl (C=O) groups excluding carboxylic acids is 1. The average molecular weight is 203 g/mol. The van der Waals surface area contributed by atoms with E-state index in [9.17, 15) is 4.79 Å². The zero-order valence-electron chi connectivity index (χ0n) is 7.13. The second-order valence-corrected chi connectivity index (χ2v) is 4.65. The molecular formula is C9H11ClOS. The van der Waals surface area contributed by atoms with Gasteiger partial charge < -0.3 is 0 Å². The molecule has 12 heavy (non-hydrogen) atoms. The summed E-state index contributed by atoms with van der Waals surface area (Å²) >= 11 is 6.81. The summed E-state index contributed by atoms with van der Waals surface area (Å²) in [6.45, 7) is 4.31. The van der Waals surface area contributed by atoms with Crippen molar-refractivity contribution in [1.29, 1.82) is 0 Å². The van der Waals surface area contributed by atoms with Crippen molar-refractivity contribution in [2.75, 3.05) is 0 Å². The lowest BCUT2D eigenvalue weighted by atomic mass is 10.1. The van der Waals surface area contributed by atoms with Crippen molar-refractivity contribution >= 4 is 28.2 Å². The molecule has 0 aliphatic carbocycles. The highest BCUT2D eigenvalue weighted by molar-refractivity contribution is 7.15. The largest absolute Gasteiger partial charge is 0.275 e. The minimum Gasteiger partial charge on any atom is -0.275 e. The third-order valence-corrected chi connectivity index (χ3v) is 2.89. The zero-order chi connectivity index (χ0) is 9.14. The lowest BCUT2D eigenvalue weighted by Gasteiger charge is -1.99. The monoisotopic (exact) mass is 202 g/mol. The summed E-state index contributed by atoms with van der Waals surface area (Å²) in [6.07, 6.45) is 1.02. The van der Waals surface area contributed by atoms with Crippen LogP contribution in [0.15, 0.2) is 12.1 Å². The van der Waals surface area contributed by atoms with E-state index in [1.165, 1.54) is 16.2 Å². The maximum atomic E-state index is 10.7. The molecule has 66 valence electrons. The molecule has 0 atom stereocenters. The first-order valence-electron chi connectivity index (χ1n) is 3.88. The Morgan fingerprint density at radius 2 is 2.25 bits per heavy atom. The summed E-state index contributed by atoms with van der Waals surface area (Å²) in [5.74, 6) is 0.627. The molecule has 1 rings (SSSR count). The van der Waals surface area contributed by atoms with Crippen LogP contribution in [0.3, 0.4) is 0 Å². The summed E-state index contributed by atoms with van der Waals surface area (Å²) in [6, 6.07) is 3.76. The molecule has 0 amide bonds. The van der Waals surface area contributed by atoms with Gasteiger partial charge in [-0.25, -0.2) is 0 Å². The molecule has 1 aromatic heterocycles. The first kappa shape index (κ1) is 9.75. The molecule has 0 N–H and O–H groups in total. The van der Waals surface area contributed by atoms with Crippen LogP contribution in [-0.2, 0) is 6.42 Å². The van der Waals surface area contributed by atoms with Crippen LogP contribution in [0.2, 0.25) is 0 Å².